The minimum absolute atomic E-state index is 0.148. The summed E-state index contributed by atoms with van der Waals surface area (Å²) in [5.41, 5.74) is 5.91. The van der Waals surface area contributed by atoms with Gasteiger partial charge in [-0.05, 0) is 81.2 Å². The van der Waals surface area contributed by atoms with Gasteiger partial charge in [-0.1, -0.05) is 29.8 Å². The van der Waals surface area contributed by atoms with E-state index in [0.717, 1.165) is 74.4 Å². The number of hydrogen-bond acceptors (Lipinski definition) is 6. The molecule has 6 nitrogen and oxygen atoms in total. The van der Waals surface area contributed by atoms with Crippen LogP contribution in [0.5, 0.6) is 0 Å². The summed E-state index contributed by atoms with van der Waals surface area (Å²) in [4.78, 5) is 10.6. The van der Waals surface area contributed by atoms with Gasteiger partial charge in [0.1, 0.15) is 22.6 Å². The summed E-state index contributed by atoms with van der Waals surface area (Å²) < 4.78 is 2.11. The molecule has 1 atom stereocenters. The van der Waals surface area contributed by atoms with Crippen molar-refractivity contribution in [2.75, 3.05) is 6.61 Å². The van der Waals surface area contributed by atoms with Gasteiger partial charge in [-0.3, -0.25) is 9.56 Å². The SMILES string of the molecule is Cc1c(C#Cc2ccc(CCCCO)cn2)sc2c1C(c1ccc(Cl)cc1)=N[C@@H](C)c1nnc(C)n1-2. The molecule has 3 aromatic heterocycles. The van der Waals surface area contributed by atoms with Crippen molar-refractivity contribution in [3.63, 3.8) is 0 Å². The van der Waals surface area contributed by atoms with Crippen LogP contribution in [-0.4, -0.2) is 37.2 Å². The third-order valence-electron chi connectivity index (χ3n) is 6.23. The highest BCUT2D eigenvalue weighted by molar-refractivity contribution is 7.15. The highest BCUT2D eigenvalue weighted by atomic mass is 35.5. The second kappa shape index (κ2) is 10.4. The first kappa shape index (κ1) is 24.4. The molecule has 1 aliphatic rings. The van der Waals surface area contributed by atoms with Crippen molar-refractivity contribution >= 4 is 28.6 Å². The lowest BCUT2D eigenvalue weighted by atomic mass is 9.99. The molecule has 0 amide bonds. The third kappa shape index (κ3) is 4.72. The summed E-state index contributed by atoms with van der Waals surface area (Å²) in [6, 6.07) is 11.7. The average molecular weight is 516 g/mol. The molecule has 5 rings (SSSR count). The molecule has 0 aliphatic carbocycles. The lowest BCUT2D eigenvalue weighted by molar-refractivity contribution is 0.284. The zero-order chi connectivity index (χ0) is 25.2. The fraction of sp³-hybridized carbons (Fsp3) is 0.286. The molecule has 1 aliphatic heterocycles. The lowest BCUT2D eigenvalue weighted by Crippen LogP contribution is -2.07. The summed E-state index contributed by atoms with van der Waals surface area (Å²) in [6.07, 6.45) is 4.53. The number of aliphatic hydroxyl groups excluding tert-OH is 1. The van der Waals surface area contributed by atoms with Crippen LogP contribution in [0, 0.1) is 25.7 Å². The van der Waals surface area contributed by atoms with Crippen LogP contribution >= 0.6 is 22.9 Å². The summed E-state index contributed by atoms with van der Waals surface area (Å²) in [5, 5.41) is 19.5. The van der Waals surface area contributed by atoms with Crippen molar-refractivity contribution < 1.29 is 5.11 Å². The molecule has 0 bridgehead atoms. The van der Waals surface area contributed by atoms with Gasteiger partial charge >= 0.3 is 0 Å². The van der Waals surface area contributed by atoms with Crippen LogP contribution in [-0.2, 0) is 6.42 Å². The van der Waals surface area contributed by atoms with Crippen LogP contribution in [0.2, 0.25) is 5.02 Å². The van der Waals surface area contributed by atoms with E-state index in [1.54, 1.807) is 11.3 Å². The molecule has 1 N–H and O–H groups in total. The van der Waals surface area contributed by atoms with Gasteiger partial charge in [0.25, 0.3) is 0 Å². The van der Waals surface area contributed by atoms with Crippen LogP contribution in [0.4, 0.5) is 0 Å². The molecule has 1 aromatic carbocycles. The van der Waals surface area contributed by atoms with E-state index >= 15 is 0 Å². The van der Waals surface area contributed by atoms with Gasteiger partial charge in [0.15, 0.2) is 5.82 Å². The summed E-state index contributed by atoms with van der Waals surface area (Å²) in [6.45, 7) is 6.33. The van der Waals surface area contributed by atoms with Crippen molar-refractivity contribution in [1.82, 2.24) is 19.7 Å². The summed E-state index contributed by atoms with van der Waals surface area (Å²) >= 11 is 7.80. The Morgan fingerprint density at radius 3 is 2.58 bits per heavy atom. The molecule has 0 unspecified atom stereocenters. The summed E-state index contributed by atoms with van der Waals surface area (Å²) in [7, 11) is 0. The molecule has 8 heteroatoms. The molecule has 182 valence electrons. The van der Waals surface area contributed by atoms with E-state index in [1.165, 1.54) is 0 Å². The second-order valence-electron chi connectivity index (χ2n) is 8.82. The molecular formula is C28H26ClN5OS. The van der Waals surface area contributed by atoms with Crippen LogP contribution in [0.3, 0.4) is 0 Å². The topological polar surface area (TPSA) is 76.2 Å². The van der Waals surface area contributed by atoms with Crippen molar-refractivity contribution in [1.29, 1.82) is 0 Å². The minimum atomic E-state index is -0.148. The normalized spacial score (nSPS) is 14.4. The van der Waals surface area contributed by atoms with Crippen molar-refractivity contribution in [3.8, 4) is 16.8 Å². The zero-order valence-corrected chi connectivity index (χ0v) is 22.0. The highest BCUT2D eigenvalue weighted by Crippen LogP contribution is 2.38. The van der Waals surface area contributed by atoms with E-state index in [1.807, 2.05) is 50.4 Å². The van der Waals surface area contributed by atoms with Crippen LogP contribution in [0.25, 0.3) is 5.00 Å². The number of halogens is 1. The number of hydrogen-bond donors (Lipinski definition) is 1. The van der Waals surface area contributed by atoms with E-state index in [-0.39, 0.29) is 12.6 Å². The molecule has 36 heavy (non-hydrogen) atoms. The number of rotatable bonds is 5. The van der Waals surface area contributed by atoms with Gasteiger partial charge in [-0.15, -0.1) is 21.5 Å². The largest absolute Gasteiger partial charge is 0.396 e. The number of fused-ring (bicyclic) bond motifs is 3. The summed E-state index contributed by atoms with van der Waals surface area (Å²) in [5.74, 6) is 8.23. The van der Waals surface area contributed by atoms with Gasteiger partial charge in [0.2, 0.25) is 0 Å². The quantitative estimate of drug-likeness (QED) is 0.276. The van der Waals surface area contributed by atoms with Gasteiger partial charge in [-0.25, -0.2) is 4.98 Å². The number of pyridine rings is 1. The second-order valence-corrected chi connectivity index (χ2v) is 10.3. The molecule has 0 saturated carbocycles. The van der Waals surface area contributed by atoms with Gasteiger partial charge < -0.3 is 5.11 Å². The first-order valence-electron chi connectivity index (χ1n) is 11.9. The Morgan fingerprint density at radius 2 is 1.86 bits per heavy atom. The van der Waals surface area contributed by atoms with E-state index in [9.17, 15) is 0 Å². The van der Waals surface area contributed by atoms with Gasteiger partial charge in [0, 0.05) is 29.0 Å². The molecule has 0 radical (unpaired) electrons. The predicted octanol–water partition coefficient (Wildman–Crippen LogP) is 5.62. The minimum Gasteiger partial charge on any atom is -0.396 e. The highest BCUT2D eigenvalue weighted by Gasteiger charge is 2.29. The smallest absolute Gasteiger partial charge is 0.162 e. The monoisotopic (exact) mass is 515 g/mol. The number of aromatic nitrogens is 4. The molecule has 4 aromatic rings. The molecule has 0 fully saturated rings. The van der Waals surface area contributed by atoms with Crippen molar-refractivity contribution in [2.24, 2.45) is 4.99 Å². The van der Waals surface area contributed by atoms with Crippen molar-refractivity contribution in [3.05, 3.63) is 92.1 Å². The molecule has 0 saturated heterocycles. The van der Waals surface area contributed by atoms with E-state index in [2.05, 4.69) is 44.6 Å². The first-order valence-corrected chi connectivity index (χ1v) is 13.1. The predicted molar refractivity (Wildman–Crippen MR) is 144 cm³/mol. The standard InChI is InChI=1S/C28H26ClN5OS/c1-17-24(14-13-23-12-7-20(16-30-23)6-4-5-15-35)36-28-25(17)26(21-8-10-22(29)11-9-21)31-18(2)27-33-32-19(3)34(27)28/h7-12,16,18,35H,4-6,15H2,1-3H3/t18-/m0/s1. The number of thiophene rings is 1. The number of aliphatic hydroxyl groups is 1. The number of benzene rings is 1. The zero-order valence-electron chi connectivity index (χ0n) is 20.4. The average Bonchev–Trinajstić information content (AvgIpc) is 3.38. The third-order valence-corrected chi connectivity index (χ3v) is 7.68. The van der Waals surface area contributed by atoms with Crippen LogP contribution < -0.4 is 0 Å². The van der Waals surface area contributed by atoms with E-state index in [4.69, 9.17) is 21.7 Å². The maximum absolute atomic E-state index is 8.97. The Labute approximate surface area is 219 Å². The number of unbranched alkanes of at least 4 members (excludes halogenated alkanes) is 1. The lowest BCUT2D eigenvalue weighted by Gasteiger charge is -2.09. The Balaban J connectivity index is 1.56. The Kier molecular flexibility index (Phi) is 7.01. The van der Waals surface area contributed by atoms with Crippen LogP contribution in [0.1, 0.15) is 70.3 Å². The Bertz CT molecular complexity index is 1490. The van der Waals surface area contributed by atoms with Gasteiger partial charge in [-0.2, -0.15) is 0 Å². The molecule has 4 heterocycles. The number of nitrogens with zero attached hydrogens (tertiary/aromatic N) is 5. The van der Waals surface area contributed by atoms with Gasteiger partial charge in [0.05, 0.1) is 10.6 Å². The maximum atomic E-state index is 8.97. The maximum Gasteiger partial charge on any atom is 0.162 e. The fourth-order valence-corrected chi connectivity index (χ4v) is 5.65. The number of aryl methyl sites for hydroxylation is 2. The number of aliphatic imine (C=N–C) groups is 1. The van der Waals surface area contributed by atoms with Crippen molar-refractivity contribution in [2.45, 2.75) is 46.1 Å². The van der Waals surface area contributed by atoms with Crippen LogP contribution in [0.15, 0.2) is 47.6 Å². The molecule has 0 spiro atoms. The fourth-order valence-electron chi connectivity index (χ4n) is 4.30. The first-order chi connectivity index (χ1) is 17.5. The Hall–Kier alpha value is -3.31. The Morgan fingerprint density at radius 1 is 1.06 bits per heavy atom. The van der Waals surface area contributed by atoms with E-state index < -0.39 is 0 Å². The van der Waals surface area contributed by atoms with E-state index in [0.29, 0.717) is 5.02 Å². The molecular weight excluding hydrogens is 490 g/mol.